The van der Waals surface area contributed by atoms with Crippen molar-refractivity contribution in [2.75, 3.05) is 26.2 Å². The Kier molecular flexibility index (Phi) is 3.53. The van der Waals surface area contributed by atoms with Crippen molar-refractivity contribution in [3.8, 4) is 0 Å². The van der Waals surface area contributed by atoms with Gasteiger partial charge in [0.25, 0.3) is 0 Å². The number of benzene rings is 1. The summed E-state index contributed by atoms with van der Waals surface area (Å²) in [5.74, 6) is 0.774. The van der Waals surface area contributed by atoms with Gasteiger partial charge in [0.1, 0.15) is 0 Å². The van der Waals surface area contributed by atoms with Crippen LogP contribution in [0.3, 0.4) is 0 Å². The molecule has 2 atom stereocenters. The average molecular weight is 259 g/mol. The molecule has 1 amide bonds. The van der Waals surface area contributed by atoms with Crippen molar-refractivity contribution >= 4 is 5.91 Å². The molecule has 102 valence electrons. The first-order chi connectivity index (χ1) is 9.25. The summed E-state index contributed by atoms with van der Waals surface area (Å²) in [6.07, 6.45) is 2.33. The van der Waals surface area contributed by atoms with E-state index in [1.54, 1.807) is 0 Å². The summed E-state index contributed by atoms with van der Waals surface area (Å²) in [6, 6.07) is 6.01. The zero-order valence-corrected chi connectivity index (χ0v) is 11.1. The minimum Gasteiger partial charge on any atom is -0.366 e. The Labute approximate surface area is 113 Å². The van der Waals surface area contributed by atoms with Gasteiger partial charge in [0.2, 0.25) is 5.91 Å². The molecule has 19 heavy (non-hydrogen) atoms. The highest BCUT2D eigenvalue weighted by molar-refractivity contribution is 5.93. The summed E-state index contributed by atoms with van der Waals surface area (Å²) < 4.78 is 0. The number of carbonyl (C=O) groups is 1. The minimum atomic E-state index is -0.330. The molecule has 3 rings (SSSR count). The van der Waals surface area contributed by atoms with Gasteiger partial charge in [-0.1, -0.05) is 6.07 Å². The number of nitrogens with two attached hydrogens (primary N) is 1. The van der Waals surface area contributed by atoms with Gasteiger partial charge in [-0.25, -0.2) is 0 Å². The van der Waals surface area contributed by atoms with E-state index in [0.717, 1.165) is 32.6 Å². The van der Waals surface area contributed by atoms with E-state index in [2.05, 4.69) is 16.7 Å². The molecule has 0 bridgehead atoms. The van der Waals surface area contributed by atoms with E-state index in [1.807, 2.05) is 12.1 Å². The van der Waals surface area contributed by atoms with Crippen LogP contribution in [0.4, 0.5) is 0 Å². The lowest BCUT2D eigenvalue weighted by atomic mass is 9.85. The van der Waals surface area contributed by atoms with Gasteiger partial charge in [0, 0.05) is 18.7 Å². The zero-order chi connectivity index (χ0) is 13.2. The summed E-state index contributed by atoms with van der Waals surface area (Å²) in [6.45, 7) is 4.21. The Morgan fingerprint density at radius 1 is 1.05 bits per heavy atom. The van der Waals surface area contributed by atoms with Crippen LogP contribution in [0.15, 0.2) is 18.2 Å². The van der Waals surface area contributed by atoms with Crippen LogP contribution in [0.5, 0.6) is 0 Å². The molecule has 2 aliphatic rings. The molecule has 2 unspecified atom stereocenters. The average Bonchev–Trinajstić information content (AvgIpc) is 3.11. The highest BCUT2D eigenvalue weighted by Crippen LogP contribution is 2.33. The fourth-order valence-corrected chi connectivity index (χ4v) is 3.29. The van der Waals surface area contributed by atoms with E-state index < -0.39 is 0 Å². The fourth-order valence-electron chi connectivity index (χ4n) is 3.29. The van der Waals surface area contributed by atoms with Gasteiger partial charge < -0.3 is 16.4 Å². The maximum Gasteiger partial charge on any atom is 0.248 e. The van der Waals surface area contributed by atoms with Crippen LogP contribution in [0.1, 0.15) is 46.2 Å². The topological polar surface area (TPSA) is 67.2 Å². The second kappa shape index (κ2) is 5.31. The predicted molar refractivity (Wildman–Crippen MR) is 75.4 cm³/mol. The Hall–Kier alpha value is -1.39. The van der Waals surface area contributed by atoms with Crippen LogP contribution < -0.4 is 16.4 Å². The first kappa shape index (κ1) is 12.6. The number of nitrogens with one attached hydrogen (secondary N) is 2. The van der Waals surface area contributed by atoms with Crippen LogP contribution in [0.25, 0.3) is 0 Å². The summed E-state index contributed by atoms with van der Waals surface area (Å²) in [5, 5.41) is 6.82. The highest BCUT2D eigenvalue weighted by atomic mass is 16.1. The molecule has 0 aliphatic carbocycles. The smallest absolute Gasteiger partial charge is 0.248 e. The van der Waals surface area contributed by atoms with Crippen molar-refractivity contribution in [3.05, 3.63) is 34.9 Å². The first-order valence-corrected chi connectivity index (χ1v) is 7.11. The van der Waals surface area contributed by atoms with Crippen molar-refractivity contribution in [2.45, 2.75) is 24.7 Å². The maximum atomic E-state index is 11.4. The highest BCUT2D eigenvalue weighted by Gasteiger charge is 2.25. The third-order valence-corrected chi connectivity index (χ3v) is 4.37. The second-order valence-corrected chi connectivity index (χ2v) is 5.59. The molecule has 1 aromatic carbocycles. The van der Waals surface area contributed by atoms with Gasteiger partial charge in [-0.15, -0.1) is 0 Å². The summed E-state index contributed by atoms with van der Waals surface area (Å²) >= 11 is 0. The molecule has 2 saturated heterocycles. The van der Waals surface area contributed by atoms with Crippen LogP contribution in [0, 0.1) is 0 Å². The molecule has 4 nitrogen and oxygen atoms in total. The van der Waals surface area contributed by atoms with Crippen LogP contribution in [0.2, 0.25) is 0 Å². The molecule has 1 aromatic rings. The van der Waals surface area contributed by atoms with E-state index >= 15 is 0 Å². The molecule has 0 saturated carbocycles. The lowest BCUT2D eigenvalue weighted by Gasteiger charge is -2.20. The third-order valence-electron chi connectivity index (χ3n) is 4.37. The van der Waals surface area contributed by atoms with Crippen molar-refractivity contribution in [3.63, 3.8) is 0 Å². The second-order valence-electron chi connectivity index (χ2n) is 5.59. The Morgan fingerprint density at radius 3 is 2.21 bits per heavy atom. The minimum absolute atomic E-state index is 0.330. The summed E-state index contributed by atoms with van der Waals surface area (Å²) in [4.78, 5) is 11.4. The monoisotopic (exact) mass is 259 g/mol. The number of hydrogen-bond donors (Lipinski definition) is 3. The van der Waals surface area contributed by atoms with Gasteiger partial charge in [-0.2, -0.15) is 0 Å². The molecular weight excluding hydrogens is 238 g/mol. The molecular formula is C15H21N3O. The van der Waals surface area contributed by atoms with Gasteiger partial charge in [0.05, 0.1) is 0 Å². The first-order valence-electron chi connectivity index (χ1n) is 7.11. The quantitative estimate of drug-likeness (QED) is 0.757. The molecule has 2 aliphatic heterocycles. The lowest BCUT2D eigenvalue weighted by molar-refractivity contribution is 0.1000. The molecule has 0 spiro atoms. The van der Waals surface area contributed by atoms with E-state index in [1.165, 1.54) is 17.5 Å². The normalized spacial score (nSPS) is 26.7. The van der Waals surface area contributed by atoms with E-state index in [9.17, 15) is 4.79 Å². The van der Waals surface area contributed by atoms with Crippen LogP contribution in [-0.2, 0) is 0 Å². The molecule has 0 aromatic heterocycles. The maximum absolute atomic E-state index is 11.4. The zero-order valence-electron chi connectivity index (χ0n) is 11.1. The van der Waals surface area contributed by atoms with E-state index in [4.69, 9.17) is 5.73 Å². The summed E-state index contributed by atoms with van der Waals surface area (Å²) in [7, 11) is 0. The Morgan fingerprint density at radius 2 is 1.68 bits per heavy atom. The van der Waals surface area contributed by atoms with Gasteiger partial charge in [0.15, 0.2) is 0 Å². The SMILES string of the molecule is NC(=O)c1ccc(C2CCNC2)c(C2CCNC2)c1. The number of amides is 1. The lowest BCUT2D eigenvalue weighted by Crippen LogP contribution is -2.16. The number of primary amides is 1. The number of carbonyl (C=O) groups excluding carboxylic acids is 1. The third kappa shape index (κ3) is 2.51. The molecule has 2 heterocycles. The largest absolute Gasteiger partial charge is 0.366 e. The molecule has 0 radical (unpaired) electrons. The molecule has 4 N–H and O–H groups in total. The van der Waals surface area contributed by atoms with Crippen molar-refractivity contribution in [1.82, 2.24) is 10.6 Å². The van der Waals surface area contributed by atoms with Crippen molar-refractivity contribution < 1.29 is 4.79 Å². The number of rotatable bonds is 3. The van der Waals surface area contributed by atoms with Crippen LogP contribution in [-0.4, -0.2) is 32.1 Å². The Balaban J connectivity index is 1.98. The van der Waals surface area contributed by atoms with Gasteiger partial charge in [-0.05, 0) is 61.0 Å². The van der Waals surface area contributed by atoms with Gasteiger partial charge >= 0.3 is 0 Å². The van der Waals surface area contributed by atoms with Crippen molar-refractivity contribution in [1.29, 1.82) is 0 Å². The van der Waals surface area contributed by atoms with Gasteiger partial charge in [-0.3, -0.25) is 4.79 Å². The molecule has 2 fully saturated rings. The van der Waals surface area contributed by atoms with E-state index in [0.29, 0.717) is 17.4 Å². The number of hydrogen-bond acceptors (Lipinski definition) is 3. The van der Waals surface area contributed by atoms with Crippen molar-refractivity contribution in [2.24, 2.45) is 5.73 Å². The van der Waals surface area contributed by atoms with Crippen LogP contribution >= 0.6 is 0 Å². The standard InChI is InChI=1S/C15H21N3O/c16-15(19)10-1-2-13(11-3-5-17-8-11)14(7-10)12-4-6-18-9-12/h1-2,7,11-12,17-18H,3-6,8-9H2,(H2,16,19). The van der Waals surface area contributed by atoms with E-state index in [-0.39, 0.29) is 5.91 Å². The fraction of sp³-hybridized carbons (Fsp3) is 0.533. The Bertz CT molecular complexity index is 474. The summed E-state index contributed by atoms with van der Waals surface area (Å²) in [5.41, 5.74) is 8.79. The molecule has 4 heteroatoms. The predicted octanol–water partition coefficient (Wildman–Crippen LogP) is 0.939.